The lowest BCUT2D eigenvalue weighted by Crippen LogP contribution is -2.45. The molecule has 0 atom stereocenters. The molecule has 30 heavy (non-hydrogen) atoms. The van der Waals surface area contributed by atoms with Crippen LogP contribution in [0, 0.1) is 0 Å². The summed E-state index contributed by atoms with van der Waals surface area (Å²) < 4.78 is 24.6. The third-order valence-electron chi connectivity index (χ3n) is 4.37. The highest BCUT2D eigenvalue weighted by Crippen LogP contribution is 2.22. The van der Waals surface area contributed by atoms with Gasteiger partial charge in [0.2, 0.25) is 0 Å². The van der Waals surface area contributed by atoms with Gasteiger partial charge in [0, 0.05) is 37.5 Å². The molecule has 9 heteroatoms. The summed E-state index contributed by atoms with van der Waals surface area (Å²) in [4.78, 5) is 13.7. The molecule has 0 saturated heterocycles. The minimum absolute atomic E-state index is 0.122. The number of hydrogen-bond donors (Lipinski definition) is 1. The molecular weight excluding hydrogens is 416 g/mol. The fourth-order valence-corrected chi connectivity index (χ4v) is 9.97. The molecule has 0 aliphatic rings. The van der Waals surface area contributed by atoms with E-state index in [4.69, 9.17) is 23.4 Å². The van der Waals surface area contributed by atoms with Crippen molar-refractivity contribution in [3.8, 4) is 0 Å². The van der Waals surface area contributed by atoms with E-state index in [9.17, 15) is 4.79 Å². The average Bonchev–Trinajstić information content (AvgIpc) is 2.49. The highest BCUT2D eigenvalue weighted by atomic mass is 28.4. The van der Waals surface area contributed by atoms with Gasteiger partial charge < -0.3 is 28.3 Å². The minimum atomic E-state index is -2.29. The Bertz CT molecular complexity index is 434. The predicted molar refractivity (Wildman–Crippen MR) is 128 cm³/mol. The van der Waals surface area contributed by atoms with Crippen LogP contribution in [0.3, 0.4) is 0 Å². The maximum Gasteiger partial charge on any atom is 0.335 e. The van der Waals surface area contributed by atoms with Crippen molar-refractivity contribution in [2.75, 3.05) is 13.1 Å². The molecule has 0 aliphatic carbocycles. The fourth-order valence-electron chi connectivity index (χ4n) is 3.80. The summed E-state index contributed by atoms with van der Waals surface area (Å²) in [6.07, 6.45) is 2.11. The SMILES string of the molecule is CC(C)O[Si](C)(CCCN(CCC[Si](C)(OC(C)C)OC(C)C)C(N)=O)OC(C)C. The van der Waals surface area contributed by atoms with Crippen molar-refractivity contribution in [2.24, 2.45) is 5.73 Å². The summed E-state index contributed by atoms with van der Waals surface area (Å²) >= 11 is 0. The van der Waals surface area contributed by atoms with Crippen LogP contribution in [0.5, 0.6) is 0 Å². The van der Waals surface area contributed by atoms with Gasteiger partial charge in [-0.15, -0.1) is 0 Å². The Morgan fingerprint density at radius 1 is 0.700 bits per heavy atom. The van der Waals surface area contributed by atoms with E-state index in [-0.39, 0.29) is 30.4 Å². The summed E-state index contributed by atoms with van der Waals surface area (Å²) in [5.74, 6) is 0. The number of carbonyl (C=O) groups is 1. The summed E-state index contributed by atoms with van der Waals surface area (Å²) in [6.45, 7) is 21.7. The standard InChI is InChI=1S/C21H48N2O5Si2/c1-17(2)25-29(9,26-18(3)4)15-11-13-23(21(22)24)14-12-16-30(10,27-19(5)6)28-20(7)8/h17-20H,11-16H2,1-10H3,(H2,22,24). The van der Waals surface area contributed by atoms with Crippen LogP contribution < -0.4 is 5.73 Å². The number of amides is 2. The van der Waals surface area contributed by atoms with E-state index in [1.807, 2.05) is 55.4 Å². The largest absolute Gasteiger partial charge is 0.392 e. The second-order valence-corrected chi connectivity index (χ2v) is 15.9. The highest BCUT2D eigenvalue weighted by molar-refractivity contribution is 6.66. The third kappa shape index (κ3) is 13.8. The average molecular weight is 465 g/mol. The van der Waals surface area contributed by atoms with Crippen molar-refractivity contribution in [3.63, 3.8) is 0 Å². The lowest BCUT2D eigenvalue weighted by atomic mass is 10.4. The van der Waals surface area contributed by atoms with Gasteiger partial charge in [-0.25, -0.2) is 4.79 Å². The van der Waals surface area contributed by atoms with Crippen LogP contribution in [0.25, 0.3) is 0 Å². The molecule has 0 rings (SSSR count). The van der Waals surface area contributed by atoms with Gasteiger partial charge in [0.25, 0.3) is 0 Å². The Morgan fingerprint density at radius 2 is 0.967 bits per heavy atom. The second-order valence-electron chi connectivity index (χ2n) is 9.47. The molecule has 0 heterocycles. The molecule has 0 bridgehead atoms. The first-order valence-corrected chi connectivity index (χ1v) is 16.5. The van der Waals surface area contributed by atoms with E-state index < -0.39 is 17.1 Å². The molecule has 0 radical (unpaired) electrons. The van der Waals surface area contributed by atoms with E-state index in [1.165, 1.54) is 0 Å². The van der Waals surface area contributed by atoms with Crippen molar-refractivity contribution in [1.29, 1.82) is 0 Å². The molecule has 0 saturated carbocycles. The van der Waals surface area contributed by atoms with Crippen molar-refractivity contribution in [3.05, 3.63) is 0 Å². The van der Waals surface area contributed by atoms with E-state index >= 15 is 0 Å². The highest BCUT2D eigenvalue weighted by Gasteiger charge is 2.35. The Morgan fingerprint density at radius 3 is 1.17 bits per heavy atom. The molecular formula is C21H48N2O5Si2. The van der Waals surface area contributed by atoms with Crippen LogP contribution in [-0.2, 0) is 17.7 Å². The zero-order chi connectivity index (χ0) is 23.5. The van der Waals surface area contributed by atoms with Crippen LogP contribution in [0.15, 0.2) is 0 Å². The van der Waals surface area contributed by atoms with E-state index in [0.717, 1.165) is 24.9 Å². The maximum absolute atomic E-state index is 12.0. The zero-order valence-electron chi connectivity index (χ0n) is 21.1. The van der Waals surface area contributed by atoms with Gasteiger partial charge in [0.1, 0.15) is 0 Å². The first kappa shape index (κ1) is 29.5. The molecule has 0 unspecified atom stereocenters. The predicted octanol–water partition coefficient (Wildman–Crippen LogP) is 4.99. The number of nitrogens with zero attached hydrogens (tertiary/aromatic N) is 1. The van der Waals surface area contributed by atoms with Crippen LogP contribution in [0.4, 0.5) is 4.79 Å². The van der Waals surface area contributed by atoms with Crippen molar-refractivity contribution >= 4 is 23.2 Å². The number of primary amides is 1. The maximum atomic E-state index is 12.0. The van der Waals surface area contributed by atoms with Crippen LogP contribution >= 0.6 is 0 Å². The molecule has 0 spiro atoms. The second kappa shape index (κ2) is 13.8. The summed E-state index contributed by atoms with van der Waals surface area (Å²) in [5.41, 5.74) is 5.64. The number of hydrogen-bond acceptors (Lipinski definition) is 5. The molecule has 0 aromatic rings. The van der Waals surface area contributed by atoms with E-state index in [1.54, 1.807) is 4.90 Å². The Kier molecular flexibility index (Phi) is 13.6. The monoisotopic (exact) mass is 464 g/mol. The molecule has 7 nitrogen and oxygen atoms in total. The van der Waals surface area contributed by atoms with Crippen molar-refractivity contribution in [2.45, 2.75) is 118 Å². The van der Waals surface area contributed by atoms with Crippen LogP contribution in [-0.4, -0.2) is 65.6 Å². The van der Waals surface area contributed by atoms with Crippen LogP contribution in [0.1, 0.15) is 68.2 Å². The molecule has 0 fully saturated rings. The lowest BCUT2D eigenvalue weighted by Gasteiger charge is -2.33. The smallest absolute Gasteiger partial charge is 0.335 e. The number of nitrogens with two attached hydrogens (primary N) is 1. The molecule has 2 N–H and O–H groups in total. The summed E-state index contributed by atoms with van der Waals surface area (Å²) in [7, 11) is -4.57. The van der Waals surface area contributed by atoms with Gasteiger partial charge >= 0.3 is 23.2 Å². The van der Waals surface area contributed by atoms with Crippen LogP contribution in [0.2, 0.25) is 25.2 Å². The third-order valence-corrected chi connectivity index (χ3v) is 10.8. The summed E-state index contributed by atoms with van der Waals surface area (Å²) in [5, 5.41) is 0. The minimum Gasteiger partial charge on any atom is -0.392 e. The molecule has 0 aliphatic heterocycles. The molecule has 180 valence electrons. The van der Waals surface area contributed by atoms with Gasteiger partial charge in [-0.2, -0.15) is 0 Å². The number of urea groups is 1. The van der Waals surface area contributed by atoms with E-state index in [0.29, 0.717) is 13.1 Å². The Balaban J connectivity index is 4.77. The van der Waals surface area contributed by atoms with Gasteiger partial charge in [-0.05, 0) is 93.4 Å². The number of carbonyl (C=O) groups excluding carboxylic acids is 1. The van der Waals surface area contributed by atoms with Gasteiger partial charge in [0.15, 0.2) is 0 Å². The first-order chi connectivity index (χ1) is 13.7. The van der Waals surface area contributed by atoms with Gasteiger partial charge in [0.05, 0.1) is 0 Å². The topological polar surface area (TPSA) is 83.3 Å². The Hall–Kier alpha value is -0.456. The lowest BCUT2D eigenvalue weighted by molar-refractivity contribution is 0.108. The van der Waals surface area contributed by atoms with Crippen molar-refractivity contribution < 1.29 is 22.5 Å². The molecule has 0 aromatic carbocycles. The van der Waals surface area contributed by atoms with Gasteiger partial charge in [-0.1, -0.05) is 0 Å². The fraction of sp³-hybridized carbons (Fsp3) is 0.952. The summed E-state index contributed by atoms with van der Waals surface area (Å²) in [6, 6.07) is 1.27. The van der Waals surface area contributed by atoms with Crippen molar-refractivity contribution in [1.82, 2.24) is 4.90 Å². The van der Waals surface area contributed by atoms with E-state index in [2.05, 4.69) is 13.1 Å². The first-order valence-electron chi connectivity index (χ1n) is 11.4. The zero-order valence-corrected chi connectivity index (χ0v) is 23.1. The normalized spacial score (nSPS) is 13.1. The van der Waals surface area contributed by atoms with Gasteiger partial charge in [-0.3, -0.25) is 0 Å². The molecule has 0 aromatic heterocycles. The Labute approximate surface area is 187 Å². The molecule has 2 amide bonds. The quantitative estimate of drug-likeness (QED) is 0.325. The number of rotatable bonds is 16.